The molecule has 0 spiro atoms. The maximum atomic E-state index is 13.0. The van der Waals surface area contributed by atoms with Gasteiger partial charge in [-0.3, -0.25) is 9.78 Å². The molecule has 0 aliphatic carbocycles. The Kier molecular flexibility index (Phi) is 5.43. The minimum Gasteiger partial charge on any atom is -0.492 e. The van der Waals surface area contributed by atoms with E-state index in [2.05, 4.69) is 4.98 Å². The van der Waals surface area contributed by atoms with Crippen LogP contribution >= 0.6 is 0 Å². The summed E-state index contributed by atoms with van der Waals surface area (Å²) >= 11 is 0. The lowest BCUT2D eigenvalue weighted by atomic mass is 9.95. The van der Waals surface area contributed by atoms with E-state index in [0.29, 0.717) is 26.3 Å². The first-order chi connectivity index (χ1) is 11.8. The first kappa shape index (κ1) is 16.5. The minimum atomic E-state index is -0.154. The van der Waals surface area contributed by atoms with Crippen LogP contribution in [-0.4, -0.2) is 42.7 Å². The molecule has 0 saturated carbocycles. The zero-order chi connectivity index (χ0) is 16.8. The summed E-state index contributed by atoms with van der Waals surface area (Å²) in [6.45, 7) is 2.06. The Bertz CT molecular complexity index is 675. The number of para-hydroxylation sites is 1. The number of hydrogen-bond acceptors (Lipinski definition) is 4. The second kappa shape index (κ2) is 7.93. The van der Waals surface area contributed by atoms with Crippen LogP contribution in [0.3, 0.4) is 0 Å². The summed E-state index contributed by atoms with van der Waals surface area (Å²) in [5.74, 6) is 0.844. The van der Waals surface area contributed by atoms with Crippen molar-refractivity contribution in [3.63, 3.8) is 0 Å². The predicted octanol–water partition coefficient (Wildman–Crippen LogP) is 2.31. The Balaban J connectivity index is 1.71. The van der Waals surface area contributed by atoms with E-state index in [1.165, 1.54) is 0 Å². The molecule has 0 fully saturated rings. The van der Waals surface area contributed by atoms with E-state index in [1.807, 2.05) is 41.3 Å². The van der Waals surface area contributed by atoms with Crippen molar-refractivity contribution in [2.24, 2.45) is 5.92 Å². The maximum Gasteiger partial charge on any atom is 0.229 e. The van der Waals surface area contributed by atoms with Crippen LogP contribution in [0, 0.1) is 5.92 Å². The van der Waals surface area contributed by atoms with Gasteiger partial charge < -0.3 is 14.4 Å². The van der Waals surface area contributed by atoms with E-state index in [0.717, 1.165) is 23.3 Å². The maximum absolute atomic E-state index is 13.0. The van der Waals surface area contributed by atoms with Gasteiger partial charge in [-0.15, -0.1) is 0 Å². The highest BCUT2D eigenvalue weighted by Crippen LogP contribution is 2.28. The number of aromatic nitrogens is 1. The molecular weight excluding hydrogens is 304 g/mol. The van der Waals surface area contributed by atoms with Gasteiger partial charge in [0.2, 0.25) is 5.91 Å². The van der Waals surface area contributed by atoms with E-state index < -0.39 is 0 Å². The van der Waals surface area contributed by atoms with Gasteiger partial charge in [0.1, 0.15) is 12.4 Å². The smallest absolute Gasteiger partial charge is 0.229 e. The third-order valence-corrected chi connectivity index (χ3v) is 4.23. The molecule has 0 radical (unpaired) electrons. The van der Waals surface area contributed by atoms with Gasteiger partial charge in [-0.25, -0.2) is 0 Å². The van der Waals surface area contributed by atoms with Crippen molar-refractivity contribution in [2.75, 3.05) is 26.9 Å². The molecule has 3 rings (SSSR count). The highest BCUT2D eigenvalue weighted by atomic mass is 16.5. The molecule has 0 saturated heterocycles. The van der Waals surface area contributed by atoms with E-state index in [9.17, 15) is 4.79 Å². The number of carbonyl (C=O) groups excluding carboxylic acids is 1. The molecule has 5 nitrogen and oxygen atoms in total. The predicted molar refractivity (Wildman–Crippen MR) is 90.7 cm³/mol. The molecule has 1 atom stereocenters. The molecule has 1 amide bonds. The molecular formula is C19H22N2O3. The lowest BCUT2D eigenvalue weighted by Gasteiger charge is -2.30. The van der Waals surface area contributed by atoms with Crippen molar-refractivity contribution in [1.29, 1.82) is 0 Å². The molecule has 2 heterocycles. The van der Waals surface area contributed by atoms with Crippen molar-refractivity contribution in [1.82, 2.24) is 9.88 Å². The van der Waals surface area contributed by atoms with Gasteiger partial charge >= 0.3 is 0 Å². The molecule has 1 aromatic carbocycles. The molecule has 1 aromatic heterocycles. The number of ether oxygens (including phenoxy) is 2. The first-order valence-electron chi connectivity index (χ1n) is 8.15. The molecule has 126 valence electrons. The average Bonchev–Trinajstić information content (AvgIpc) is 2.65. The average molecular weight is 326 g/mol. The van der Waals surface area contributed by atoms with Gasteiger partial charge in [0.15, 0.2) is 0 Å². The van der Waals surface area contributed by atoms with E-state index in [4.69, 9.17) is 9.47 Å². The number of carbonyl (C=O) groups is 1. The summed E-state index contributed by atoms with van der Waals surface area (Å²) in [5, 5.41) is 0. The molecule has 1 unspecified atom stereocenters. The van der Waals surface area contributed by atoms with Gasteiger partial charge in [-0.05, 0) is 35.7 Å². The van der Waals surface area contributed by atoms with Crippen molar-refractivity contribution in [3.05, 3.63) is 59.9 Å². The van der Waals surface area contributed by atoms with Crippen LogP contribution in [0.25, 0.3) is 0 Å². The topological polar surface area (TPSA) is 51.7 Å². The fraction of sp³-hybridized carbons (Fsp3) is 0.368. The quantitative estimate of drug-likeness (QED) is 0.817. The molecule has 1 aliphatic heterocycles. The largest absolute Gasteiger partial charge is 0.492 e. The van der Waals surface area contributed by atoms with Crippen LogP contribution in [0.4, 0.5) is 0 Å². The van der Waals surface area contributed by atoms with Crippen molar-refractivity contribution >= 4 is 5.91 Å². The van der Waals surface area contributed by atoms with Gasteiger partial charge in [0.25, 0.3) is 0 Å². The third kappa shape index (κ3) is 3.92. The summed E-state index contributed by atoms with van der Waals surface area (Å²) in [7, 11) is 1.65. The van der Waals surface area contributed by atoms with Crippen molar-refractivity contribution in [2.45, 2.75) is 13.0 Å². The minimum absolute atomic E-state index is 0.110. The number of nitrogens with zero attached hydrogens (tertiary/aromatic N) is 2. The van der Waals surface area contributed by atoms with Crippen molar-refractivity contribution < 1.29 is 14.3 Å². The summed E-state index contributed by atoms with van der Waals surface area (Å²) in [4.78, 5) is 18.9. The van der Waals surface area contributed by atoms with Crippen molar-refractivity contribution in [3.8, 4) is 5.75 Å². The van der Waals surface area contributed by atoms with Crippen LogP contribution in [0.1, 0.15) is 11.1 Å². The summed E-state index contributed by atoms with van der Waals surface area (Å²) in [6.07, 6.45) is 4.21. The Morgan fingerprint density at radius 2 is 2.08 bits per heavy atom. The zero-order valence-corrected chi connectivity index (χ0v) is 13.9. The van der Waals surface area contributed by atoms with E-state index >= 15 is 0 Å². The Hall–Kier alpha value is -2.40. The number of fused-ring (bicyclic) bond motifs is 1. The number of pyridine rings is 1. The highest BCUT2D eigenvalue weighted by molar-refractivity contribution is 5.79. The molecule has 24 heavy (non-hydrogen) atoms. The highest BCUT2D eigenvalue weighted by Gasteiger charge is 2.29. The molecule has 2 aromatic rings. The van der Waals surface area contributed by atoms with E-state index in [1.54, 1.807) is 19.5 Å². The second-order valence-corrected chi connectivity index (χ2v) is 5.93. The number of benzene rings is 1. The van der Waals surface area contributed by atoms with E-state index in [-0.39, 0.29) is 11.8 Å². The lowest BCUT2D eigenvalue weighted by Crippen LogP contribution is -2.42. The molecule has 1 aliphatic rings. The monoisotopic (exact) mass is 326 g/mol. The second-order valence-electron chi connectivity index (χ2n) is 5.93. The molecule has 0 bridgehead atoms. The summed E-state index contributed by atoms with van der Waals surface area (Å²) in [6, 6.07) is 11.8. The SMILES string of the molecule is COCCN(Cc1ccncc1)C(=O)C1COc2ccccc2C1. The van der Waals surface area contributed by atoms with Gasteiger partial charge in [-0.1, -0.05) is 18.2 Å². The lowest BCUT2D eigenvalue weighted by molar-refractivity contribution is -0.138. The Morgan fingerprint density at radius 1 is 1.29 bits per heavy atom. The summed E-state index contributed by atoms with van der Waals surface area (Å²) in [5.41, 5.74) is 2.16. The molecule has 0 N–H and O–H groups in total. The number of hydrogen-bond donors (Lipinski definition) is 0. The normalized spacial score (nSPS) is 16.1. The number of amides is 1. The van der Waals surface area contributed by atoms with Crippen LogP contribution in [0.15, 0.2) is 48.8 Å². The Morgan fingerprint density at radius 3 is 2.88 bits per heavy atom. The fourth-order valence-electron chi connectivity index (χ4n) is 2.92. The van der Waals surface area contributed by atoms with Gasteiger partial charge in [0.05, 0.1) is 12.5 Å². The molecule has 5 heteroatoms. The van der Waals surface area contributed by atoms with Crippen LogP contribution in [0.2, 0.25) is 0 Å². The van der Waals surface area contributed by atoms with Crippen LogP contribution in [0.5, 0.6) is 5.75 Å². The number of methoxy groups -OCH3 is 1. The standard InChI is InChI=1S/C19H22N2O3/c1-23-11-10-21(13-15-6-8-20-9-7-15)19(22)17-12-16-4-2-3-5-18(16)24-14-17/h2-9,17H,10-14H2,1H3. The van der Waals surface area contributed by atoms with Gasteiger partial charge in [-0.2, -0.15) is 0 Å². The van der Waals surface area contributed by atoms with Gasteiger partial charge in [0, 0.05) is 32.6 Å². The zero-order valence-electron chi connectivity index (χ0n) is 13.9. The first-order valence-corrected chi connectivity index (χ1v) is 8.15. The number of rotatable bonds is 6. The van der Waals surface area contributed by atoms with Crippen LogP contribution in [-0.2, 0) is 22.5 Å². The Labute approximate surface area is 142 Å². The fourth-order valence-corrected chi connectivity index (χ4v) is 2.92. The summed E-state index contributed by atoms with van der Waals surface area (Å²) < 4.78 is 10.9. The van der Waals surface area contributed by atoms with Crippen LogP contribution < -0.4 is 4.74 Å². The third-order valence-electron chi connectivity index (χ3n) is 4.23.